The lowest BCUT2D eigenvalue weighted by Crippen LogP contribution is -2.19. The maximum absolute atomic E-state index is 12.8. The van der Waals surface area contributed by atoms with Gasteiger partial charge in [-0.3, -0.25) is 14.6 Å². The van der Waals surface area contributed by atoms with Gasteiger partial charge in [-0.2, -0.15) is 0 Å². The normalized spacial score (nSPS) is 13.3. The molecule has 0 fully saturated rings. The van der Waals surface area contributed by atoms with Crippen LogP contribution in [0.15, 0.2) is 54.4 Å². The van der Waals surface area contributed by atoms with E-state index in [9.17, 15) is 14.4 Å². The number of allylic oxidation sites excluding steroid dienone is 3. The zero-order valence-electron chi connectivity index (χ0n) is 17.8. The molecule has 1 heterocycles. The van der Waals surface area contributed by atoms with Gasteiger partial charge in [-0.05, 0) is 44.2 Å². The van der Waals surface area contributed by atoms with Crippen LogP contribution in [0.5, 0.6) is 11.5 Å². The fourth-order valence-corrected chi connectivity index (χ4v) is 3.34. The summed E-state index contributed by atoms with van der Waals surface area (Å²) in [7, 11) is 2.82. The molecule has 3 rings (SSSR count). The molecule has 1 aliphatic rings. The van der Waals surface area contributed by atoms with Gasteiger partial charge in [-0.25, -0.2) is 4.79 Å². The number of hydrogen-bond acceptors (Lipinski definition) is 7. The summed E-state index contributed by atoms with van der Waals surface area (Å²) in [5.41, 5.74) is 2.05. The van der Waals surface area contributed by atoms with Crippen LogP contribution in [0, 0.1) is 0 Å². The van der Waals surface area contributed by atoms with Gasteiger partial charge in [0.25, 0.3) is 0 Å². The maximum Gasteiger partial charge on any atom is 0.338 e. The minimum atomic E-state index is -0.779. The van der Waals surface area contributed by atoms with Crippen molar-refractivity contribution in [3.63, 3.8) is 0 Å². The van der Waals surface area contributed by atoms with Crippen LogP contribution < -0.4 is 9.47 Å². The van der Waals surface area contributed by atoms with Gasteiger partial charge in [0.1, 0.15) is 17.6 Å². The number of ketones is 2. The van der Waals surface area contributed by atoms with Crippen LogP contribution >= 0.6 is 0 Å². The van der Waals surface area contributed by atoms with Crippen LogP contribution in [0.25, 0.3) is 0 Å². The molecule has 0 N–H and O–H groups in total. The number of pyridine rings is 1. The summed E-state index contributed by atoms with van der Waals surface area (Å²) in [5, 5.41) is 0. The van der Waals surface area contributed by atoms with Gasteiger partial charge in [0.05, 0.1) is 30.9 Å². The lowest BCUT2D eigenvalue weighted by atomic mass is 9.88. The SMILES string of the molecule is COc1cc([C@@H](CC=C(C)C)OC(=O)c2ccncc2)c(OC)c2c1C(=O)C=CC2=O. The van der Waals surface area contributed by atoms with Crippen LogP contribution in [0.2, 0.25) is 0 Å². The number of rotatable bonds is 7. The molecule has 1 atom stereocenters. The molecule has 31 heavy (non-hydrogen) atoms. The summed E-state index contributed by atoms with van der Waals surface area (Å²) >= 11 is 0. The van der Waals surface area contributed by atoms with E-state index in [4.69, 9.17) is 14.2 Å². The molecule has 7 heteroatoms. The number of ether oxygens (including phenoxy) is 3. The molecule has 0 saturated carbocycles. The van der Waals surface area contributed by atoms with Crippen molar-refractivity contribution in [2.75, 3.05) is 14.2 Å². The number of fused-ring (bicyclic) bond motifs is 1. The lowest BCUT2D eigenvalue weighted by molar-refractivity contribution is 0.0297. The van der Waals surface area contributed by atoms with Gasteiger partial charge < -0.3 is 14.2 Å². The smallest absolute Gasteiger partial charge is 0.338 e. The second kappa shape index (κ2) is 9.38. The Morgan fingerprint density at radius 3 is 2.26 bits per heavy atom. The van der Waals surface area contributed by atoms with Crippen molar-refractivity contribution < 1.29 is 28.6 Å². The molecule has 0 unspecified atom stereocenters. The second-order valence-corrected chi connectivity index (χ2v) is 7.16. The standard InChI is InChI=1S/C24H23NO6/c1-14(2)5-8-19(31-24(28)15-9-11-25-12-10-15)16-13-20(29-3)21-17(26)6-7-18(27)22(21)23(16)30-4/h5-7,9-13,19H,8H2,1-4H3/t19-/m1/s1. The molecule has 160 valence electrons. The number of esters is 1. The predicted octanol–water partition coefficient (Wildman–Crippen LogP) is 4.29. The molecule has 0 radical (unpaired) electrons. The Morgan fingerprint density at radius 1 is 1.03 bits per heavy atom. The zero-order valence-corrected chi connectivity index (χ0v) is 17.8. The third kappa shape index (κ3) is 4.55. The van der Waals surface area contributed by atoms with E-state index in [1.807, 2.05) is 19.9 Å². The van der Waals surface area contributed by atoms with Gasteiger partial charge in [-0.1, -0.05) is 11.6 Å². The van der Waals surface area contributed by atoms with E-state index < -0.39 is 12.1 Å². The zero-order chi connectivity index (χ0) is 22.5. The highest BCUT2D eigenvalue weighted by atomic mass is 16.5. The largest absolute Gasteiger partial charge is 0.496 e. The Kier molecular flexibility index (Phi) is 6.65. The second-order valence-electron chi connectivity index (χ2n) is 7.16. The lowest BCUT2D eigenvalue weighted by Gasteiger charge is -2.24. The highest BCUT2D eigenvalue weighted by Crippen LogP contribution is 2.42. The van der Waals surface area contributed by atoms with Crippen LogP contribution in [0.1, 0.15) is 63.0 Å². The van der Waals surface area contributed by atoms with Crippen LogP contribution in [0.3, 0.4) is 0 Å². The van der Waals surface area contributed by atoms with Gasteiger partial charge >= 0.3 is 5.97 Å². The molecule has 0 saturated heterocycles. The molecule has 1 aliphatic carbocycles. The van der Waals surface area contributed by atoms with Crippen molar-refractivity contribution >= 4 is 17.5 Å². The average molecular weight is 421 g/mol. The molecule has 0 bridgehead atoms. The Morgan fingerprint density at radius 2 is 1.68 bits per heavy atom. The quantitative estimate of drug-likeness (QED) is 0.486. The molecule has 1 aromatic carbocycles. The summed E-state index contributed by atoms with van der Waals surface area (Å²) in [5.74, 6) is -0.876. The van der Waals surface area contributed by atoms with Crippen molar-refractivity contribution in [2.45, 2.75) is 26.4 Å². The maximum atomic E-state index is 12.8. The summed E-state index contributed by atoms with van der Waals surface area (Å²) in [6, 6.07) is 4.70. The summed E-state index contributed by atoms with van der Waals surface area (Å²) in [4.78, 5) is 41.8. The van der Waals surface area contributed by atoms with Crippen molar-refractivity contribution in [1.82, 2.24) is 4.98 Å². The Labute approximate surface area is 180 Å². The molecule has 7 nitrogen and oxygen atoms in total. The average Bonchev–Trinajstić information content (AvgIpc) is 2.78. The van der Waals surface area contributed by atoms with Crippen molar-refractivity contribution in [3.05, 3.63) is 76.6 Å². The van der Waals surface area contributed by atoms with E-state index in [2.05, 4.69) is 4.98 Å². The first-order valence-corrected chi connectivity index (χ1v) is 9.67. The van der Waals surface area contributed by atoms with E-state index in [1.165, 1.54) is 38.8 Å². The summed E-state index contributed by atoms with van der Waals surface area (Å²) in [6.07, 6.45) is 6.89. The summed E-state index contributed by atoms with van der Waals surface area (Å²) < 4.78 is 16.8. The molecular weight excluding hydrogens is 398 g/mol. The van der Waals surface area contributed by atoms with Gasteiger partial charge in [0.15, 0.2) is 11.6 Å². The van der Waals surface area contributed by atoms with E-state index in [0.29, 0.717) is 17.5 Å². The van der Waals surface area contributed by atoms with Crippen molar-refractivity contribution in [2.24, 2.45) is 0 Å². The minimum absolute atomic E-state index is 0.103. The first-order valence-electron chi connectivity index (χ1n) is 9.67. The molecule has 0 spiro atoms. The molecule has 1 aromatic heterocycles. The first kappa shape index (κ1) is 22.0. The Hall–Kier alpha value is -3.74. The summed E-state index contributed by atoms with van der Waals surface area (Å²) in [6.45, 7) is 3.86. The number of hydrogen-bond donors (Lipinski definition) is 0. The third-order valence-corrected chi connectivity index (χ3v) is 4.83. The number of nitrogens with zero attached hydrogens (tertiary/aromatic N) is 1. The topological polar surface area (TPSA) is 91.8 Å². The van der Waals surface area contributed by atoms with E-state index in [-0.39, 0.29) is 34.2 Å². The van der Waals surface area contributed by atoms with E-state index >= 15 is 0 Å². The minimum Gasteiger partial charge on any atom is -0.496 e. The number of aromatic nitrogens is 1. The number of carbonyl (C=O) groups excluding carboxylic acids is 3. The van der Waals surface area contributed by atoms with Crippen molar-refractivity contribution in [3.8, 4) is 11.5 Å². The third-order valence-electron chi connectivity index (χ3n) is 4.83. The highest BCUT2D eigenvalue weighted by Gasteiger charge is 2.33. The highest BCUT2D eigenvalue weighted by molar-refractivity contribution is 6.24. The molecule has 0 aliphatic heterocycles. The molecule has 2 aromatic rings. The van der Waals surface area contributed by atoms with Gasteiger partial charge in [0.2, 0.25) is 0 Å². The van der Waals surface area contributed by atoms with Crippen LogP contribution in [-0.4, -0.2) is 36.7 Å². The fourth-order valence-electron chi connectivity index (χ4n) is 3.34. The predicted molar refractivity (Wildman–Crippen MR) is 114 cm³/mol. The fraction of sp³-hybridized carbons (Fsp3) is 0.250. The van der Waals surface area contributed by atoms with Crippen molar-refractivity contribution in [1.29, 1.82) is 0 Å². The van der Waals surface area contributed by atoms with Gasteiger partial charge in [-0.15, -0.1) is 0 Å². The monoisotopic (exact) mass is 421 g/mol. The molecule has 0 amide bonds. The number of methoxy groups -OCH3 is 2. The van der Waals surface area contributed by atoms with Gasteiger partial charge in [0, 0.05) is 24.4 Å². The number of benzene rings is 1. The number of carbonyl (C=O) groups is 3. The van der Waals surface area contributed by atoms with Crippen LogP contribution in [0.4, 0.5) is 0 Å². The van der Waals surface area contributed by atoms with Crippen LogP contribution in [-0.2, 0) is 4.74 Å². The molecular formula is C24H23NO6. The Balaban J connectivity index is 2.15. The first-order chi connectivity index (χ1) is 14.9. The van der Waals surface area contributed by atoms with E-state index in [0.717, 1.165) is 5.57 Å². The van der Waals surface area contributed by atoms with E-state index in [1.54, 1.807) is 18.2 Å². The Bertz CT molecular complexity index is 1080.